The Morgan fingerprint density at radius 2 is 2.00 bits per heavy atom. The summed E-state index contributed by atoms with van der Waals surface area (Å²) < 4.78 is 36.1. The van der Waals surface area contributed by atoms with Gasteiger partial charge < -0.3 is 21.1 Å². The number of hydrogen-bond acceptors (Lipinski definition) is 8. The predicted molar refractivity (Wildman–Crippen MR) is 148 cm³/mol. The third-order valence-electron chi connectivity index (χ3n) is 6.67. The van der Waals surface area contributed by atoms with Gasteiger partial charge in [-0.1, -0.05) is 6.07 Å². The third-order valence-corrected chi connectivity index (χ3v) is 6.67. The molecule has 41 heavy (non-hydrogen) atoms. The molecule has 1 saturated heterocycles. The minimum absolute atomic E-state index is 0.0235. The van der Waals surface area contributed by atoms with Gasteiger partial charge in [0.15, 0.2) is 5.65 Å². The number of anilines is 1. The Kier molecular flexibility index (Phi) is 7.38. The fraction of sp³-hybridized carbons (Fsp3) is 0.276. The molecule has 10 nitrogen and oxygen atoms in total. The van der Waals surface area contributed by atoms with Gasteiger partial charge in [-0.05, 0) is 57.0 Å². The minimum atomic E-state index is -0.834. The molecule has 1 aliphatic heterocycles. The highest BCUT2D eigenvalue weighted by molar-refractivity contribution is 5.99. The van der Waals surface area contributed by atoms with E-state index in [4.69, 9.17) is 16.2 Å². The number of nitriles is 1. The molecule has 1 aliphatic rings. The largest absolute Gasteiger partial charge is 0.457 e. The number of carbonyl (C=O) groups excluding carboxylic acids is 1. The number of nitrogens with two attached hydrogens (primary N) is 2. The first kappa shape index (κ1) is 27.7. The lowest BCUT2D eigenvalue weighted by Crippen LogP contribution is -2.40. The van der Waals surface area contributed by atoms with Gasteiger partial charge in [-0.15, -0.1) is 0 Å². The second-order valence-corrected chi connectivity index (χ2v) is 10.5. The number of ether oxygens (including phenoxy) is 1. The van der Waals surface area contributed by atoms with Gasteiger partial charge in [-0.2, -0.15) is 10.4 Å². The normalized spacial score (nSPS) is 15.8. The molecule has 0 saturated carbocycles. The zero-order valence-corrected chi connectivity index (χ0v) is 22.5. The summed E-state index contributed by atoms with van der Waals surface area (Å²) in [6.45, 7) is 4.13. The van der Waals surface area contributed by atoms with Crippen LogP contribution in [0.25, 0.3) is 22.3 Å². The quantitative estimate of drug-likeness (QED) is 0.252. The van der Waals surface area contributed by atoms with Crippen LogP contribution in [-0.2, 0) is 11.3 Å². The van der Waals surface area contributed by atoms with Crippen molar-refractivity contribution >= 4 is 22.8 Å². The number of halogens is 2. The van der Waals surface area contributed by atoms with Crippen molar-refractivity contribution in [1.82, 2.24) is 24.6 Å². The number of carbonyl (C=O) groups is 1. The van der Waals surface area contributed by atoms with Crippen LogP contribution in [0.3, 0.4) is 0 Å². The van der Waals surface area contributed by atoms with Crippen molar-refractivity contribution in [2.75, 3.05) is 12.3 Å². The molecule has 1 amide bonds. The molecule has 0 unspecified atom stereocenters. The molecule has 1 fully saturated rings. The van der Waals surface area contributed by atoms with Gasteiger partial charge in [0.2, 0.25) is 0 Å². The van der Waals surface area contributed by atoms with Crippen molar-refractivity contribution in [1.29, 1.82) is 5.26 Å². The van der Waals surface area contributed by atoms with Crippen LogP contribution in [0.2, 0.25) is 0 Å². The molecular formula is C29H28F2N8O2. The van der Waals surface area contributed by atoms with Crippen LogP contribution in [0, 0.1) is 23.0 Å². The van der Waals surface area contributed by atoms with Crippen LogP contribution in [0.1, 0.15) is 26.7 Å². The minimum Gasteiger partial charge on any atom is -0.457 e. The third kappa shape index (κ3) is 5.85. The maximum Gasteiger partial charge on any atom is 0.264 e. The molecule has 210 valence electrons. The molecule has 5 rings (SSSR count). The molecule has 2 aromatic carbocycles. The number of nitrogens with zero attached hydrogens (tertiary/aromatic N) is 6. The average Bonchev–Trinajstić information content (AvgIpc) is 3.52. The van der Waals surface area contributed by atoms with Gasteiger partial charge in [-0.3, -0.25) is 4.79 Å². The highest BCUT2D eigenvalue weighted by Gasteiger charge is 2.33. The number of aromatic nitrogens is 4. The monoisotopic (exact) mass is 558 g/mol. The van der Waals surface area contributed by atoms with E-state index >= 15 is 4.39 Å². The van der Waals surface area contributed by atoms with E-state index in [-0.39, 0.29) is 46.7 Å². The molecule has 0 radical (unpaired) electrons. The molecule has 1 atom stereocenters. The number of hydrogen-bond donors (Lipinski definition) is 2. The van der Waals surface area contributed by atoms with Crippen LogP contribution >= 0.6 is 0 Å². The number of fused-ring (bicyclic) bond motifs is 1. The maximum absolute atomic E-state index is 15.4. The summed E-state index contributed by atoms with van der Waals surface area (Å²) in [7, 11) is 0. The predicted octanol–water partition coefficient (Wildman–Crippen LogP) is 4.32. The second-order valence-electron chi connectivity index (χ2n) is 10.5. The Morgan fingerprint density at radius 1 is 1.22 bits per heavy atom. The van der Waals surface area contributed by atoms with E-state index in [0.29, 0.717) is 24.0 Å². The summed E-state index contributed by atoms with van der Waals surface area (Å²) in [6, 6.07) is 11.4. The molecule has 0 spiro atoms. The fourth-order valence-electron chi connectivity index (χ4n) is 4.93. The van der Waals surface area contributed by atoms with Crippen LogP contribution in [0.4, 0.5) is 14.6 Å². The Labute approximate surface area is 234 Å². The fourth-order valence-corrected chi connectivity index (χ4v) is 4.93. The van der Waals surface area contributed by atoms with E-state index in [1.54, 1.807) is 35.6 Å². The van der Waals surface area contributed by atoms with E-state index in [9.17, 15) is 14.4 Å². The topological polar surface area (TPSA) is 149 Å². The van der Waals surface area contributed by atoms with Crippen molar-refractivity contribution < 1.29 is 18.3 Å². The molecule has 0 bridgehead atoms. The second kappa shape index (κ2) is 10.9. The van der Waals surface area contributed by atoms with E-state index in [1.807, 2.05) is 6.07 Å². The SMILES string of the molecule is CC(C)(N)/C=C(\C#N)C(=O)N1CCC[C@@H]1Cn1nc(-c2ccc(Oc3cccc(F)c3)cc2F)c2c(N)ncnc21. The van der Waals surface area contributed by atoms with Crippen LogP contribution < -0.4 is 16.2 Å². The lowest BCUT2D eigenvalue weighted by molar-refractivity contribution is -0.127. The van der Waals surface area contributed by atoms with Gasteiger partial charge in [0.05, 0.1) is 18.0 Å². The first-order chi connectivity index (χ1) is 19.5. The zero-order valence-electron chi connectivity index (χ0n) is 22.5. The molecule has 4 N–H and O–H groups in total. The number of benzene rings is 2. The van der Waals surface area contributed by atoms with Crippen molar-refractivity contribution in [3.63, 3.8) is 0 Å². The maximum atomic E-state index is 15.4. The summed E-state index contributed by atoms with van der Waals surface area (Å²) in [5, 5.41) is 14.6. The highest BCUT2D eigenvalue weighted by atomic mass is 19.1. The molecule has 0 aliphatic carbocycles. The molecule has 4 aromatic rings. The summed E-state index contributed by atoms with van der Waals surface area (Å²) in [6.07, 6.45) is 4.17. The molecule has 3 heterocycles. The summed E-state index contributed by atoms with van der Waals surface area (Å²) in [5.74, 6) is -0.997. The van der Waals surface area contributed by atoms with Crippen LogP contribution in [0.15, 0.2) is 60.4 Å². The van der Waals surface area contributed by atoms with Crippen molar-refractivity contribution in [2.24, 2.45) is 5.73 Å². The first-order valence-electron chi connectivity index (χ1n) is 13.0. The molecular weight excluding hydrogens is 530 g/mol. The van der Waals surface area contributed by atoms with Crippen molar-refractivity contribution in [3.05, 3.63) is 72.1 Å². The Hall–Kier alpha value is -4.89. The van der Waals surface area contributed by atoms with Gasteiger partial charge in [-0.25, -0.2) is 23.4 Å². The van der Waals surface area contributed by atoms with E-state index < -0.39 is 23.1 Å². The standard InChI is InChI=1S/C29H28F2N8O2/c1-29(2,34)13-17(14-32)28(40)38-10-4-6-19(38)15-39-27-24(26(33)35-16-36-27)25(37-39)22-9-8-21(12-23(22)31)41-20-7-3-5-18(30)11-20/h3,5,7-9,11-13,16,19H,4,6,10,15,34H2,1-2H3,(H2,33,35,36)/b17-13+/t19-/m1/s1. The zero-order chi connectivity index (χ0) is 29.3. The molecule has 2 aromatic heterocycles. The van der Waals surface area contributed by atoms with Gasteiger partial charge in [0, 0.05) is 29.8 Å². The van der Waals surface area contributed by atoms with Crippen LogP contribution in [-0.4, -0.2) is 48.7 Å². The lowest BCUT2D eigenvalue weighted by atomic mass is 10.0. The Bertz CT molecular complexity index is 1700. The smallest absolute Gasteiger partial charge is 0.264 e. The summed E-state index contributed by atoms with van der Waals surface area (Å²) >= 11 is 0. The first-order valence-corrected chi connectivity index (χ1v) is 13.0. The van der Waals surface area contributed by atoms with Gasteiger partial charge >= 0.3 is 0 Å². The summed E-state index contributed by atoms with van der Waals surface area (Å²) in [5.41, 5.74) is 12.1. The van der Waals surface area contributed by atoms with Crippen molar-refractivity contribution in [2.45, 2.75) is 44.8 Å². The van der Waals surface area contributed by atoms with Crippen molar-refractivity contribution in [3.8, 4) is 28.8 Å². The van der Waals surface area contributed by atoms with E-state index in [2.05, 4.69) is 15.1 Å². The number of nitrogen functional groups attached to an aromatic ring is 1. The van der Waals surface area contributed by atoms with Crippen LogP contribution in [0.5, 0.6) is 11.5 Å². The number of rotatable bonds is 7. The average molecular weight is 559 g/mol. The molecule has 12 heteroatoms. The Morgan fingerprint density at radius 3 is 2.71 bits per heavy atom. The summed E-state index contributed by atoms with van der Waals surface area (Å²) in [4.78, 5) is 23.3. The van der Waals surface area contributed by atoms with Gasteiger partial charge in [0.1, 0.15) is 52.6 Å². The number of amides is 1. The lowest BCUT2D eigenvalue weighted by Gasteiger charge is -2.25. The van der Waals surface area contributed by atoms with Gasteiger partial charge in [0.25, 0.3) is 5.91 Å². The Balaban J connectivity index is 1.47. The van der Waals surface area contributed by atoms with E-state index in [1.165, 1.54) is 42.7 Å². The highest BCUT2D eigenvalue weighted by Crippen LogP contribution is 2.35. The van der Waals surface area contributed by atoms with E-state index in [0.717, 1.165) is 6.42 Å². The number of likely N-dealkylation sites (tertiary alicyclic amines) is 1.